The van der Waals surface area contributed by atoms with Gasteiger partial charge in [-0.3, -0.25) is 4.79 Å². The molecule has 3 nitrogen and oxygen atoms in total. The fourth-order valence-corrected chi connectivity index (χ4v) is 3.88. The highest BCUT2D eigenvalue weighted by Crippen LogP contribution is 2.31. The van der Waals surface area contributed by atoms with Gasteiger partial charge in [0.1, 0.15) is 0 Å². The van der Waals surface area contributed by atoms with Gasteiger partial charge in [0, 0.05) is 28.3 Å². The van der Waals surface area contributed by atoms with Crippen LogP contribution < -0.4 is 0 Å². The molecule has 21 heavy (non-hydrogen) atoms. The Kier molecular flexibility index (Phi) is 4.33. The summed E-state index contributed by atoms with van der Waals surface area (Å²) in [6.07, 6.45) is 1.98. The van der Waals surface area contributed by atoms with Gasteiger partial charge < -0.3 is 4.90 Å². The van der Waals surface area contributed by atoms with Gasteiger partial charge in [0.25, 0.3) is 5.91 Å². The Morgan fingerprint density at radius 1 is 1.48 bits per heavy atom. The molecule has 2 heterocycles. The predicted octanol–water partition coefficient (Wildman–Crippen LogP) is 4.29. The van der Waals surface area contributed by atoms with E-state index in [0.717, 1.165) is 21.5 Å². The smallest absolute Gasteiger partial charge is 0.258 e. The third kappa shape index (κ3) is 3.31. The number of thioether (sulfide) groups is 1. The molecule has 0 radical (unpaired) electrons. The maximum Gasteiger partial charge on any atom is 0.258 e. The van der Waals surface area contributed by atoms with Gasteiger partial charge in [-0.2, -0.15) is 0 Å². The van der Waals surface area contributed by atoms with Crippen LogP contribution in [0.4, 0.5) is 0 Å². The molecule has 1 aromatic carbocycles. The van der Waals surface area contributed by atoms with E-state index < -0.39 is 0 Å². The molecule has 1 saturated heterocycles. The minimum absolute atomic E-state index is 0.0132. The van der Waals surface area contributed by atoms with Crippen molar-refractivity contribution in [3.8, 4) is 0 Å². The molecule has 2 aromatic rings. The Bertz CT molecular complexity index is 711. The van der Waals surface area contributed by atoms with E-state index in [4.69, 9.17) is 11.6 Å². The van der Waals surface area contributed by atoms with E-state index in [2.05, 4.69) is 4.98 Å². The van der Waals surface area contributed by atoms with Crippen molar-refractivity contribution in [1.82, 2.24) is 9.88 Å². The van der Waals surface area contributed by atoms with E-state index in [9.17, 15) is 4.79 Å². The summed E-state index contributed by atoms with van der Waals surface area (Å²) in [6, 6.07) is 7.07. The van der Waals surface area contributed by atoms with Gasteiger partial charge in [-0.05, 0) is 31.2 Å². The van der Waals surface area contributed by atoms with Crippen LogP contribution in [0.15, 0.2) is 34.7 Å². The second-order valence-corrected chi connectivity index (χ2v) is 7.20. The van der Waals surface area contributed by atoms with Crippen LogP contribution in [0.2, 0.25) is 5.02 Å². The molecule has 0 atom stereocenters. The Labute approximate surface area is 136 Å². The molecule has 0 saturated carbocycles. The van der Waals surface area contributed by atoms with Crippen LogP contribution in [0, 0.1) is 6.92 Å². The number of amides is 1. The van der Waals surface area contributed by atoms with Gasteiger partial charge in [-0.1, -0.05) is 17.7 Å². The molecule has 0 bridgehead atoms. The first kappa shape index (κ1) is 14.6. The molecule has 6 heteroatoms. The number of nitrogens with zero attached hydrogens (tertiary/aromatic N) is 2. The number of carbonyl (C=O) groups excluding carboxylic acids is 1. The molecular formula is C15H13ClN2OS2. The lowest BCUT2D eigenvalue weighted by molar-refractivity contribution is 0.0831. The SMILES string of the molecule is Cc1nc(/C=C2/SCCN2C(=O)c2cccc(Cl)c2)cs1. The average Bonchev–Trinajstić information content (AvgIpc) is 3.08. The summed E-state index contributed by atoms with van der Waals surface area (Å²) in [6.45, 7) is 2.69. The minimum Gasteiger partial charge on any atom is -0.302 e. The van der Waals surface area contributed by atoms with E-state index in [1.54, 1.807) is 52.3 Å². The molecule has 1 amide bonds. The number of halogens is 1. The van der Waals surface area contributed by atoms with Crippen molar-refractivity contribution in [3.05, 3.63) is 56.0 Å². The highest BCUT2D eigenvalue weighted by atomic mass is 35.5. The summed E-state index contributed by atoms with van der Waals surface area (Å²) in [5.41, 5.74) is 1.52. The lowest BCUT2D eigenvalue weighted by Crippen LogP contribution is -2.26. The molecule has 0 spiro atoms. The van der Waals surface area contributed by atoms with Crippen molar-refractivity contribution < 1.29 is 4.79 Å². The number of carbonyl (C=O) groups is 1. The third-order valence-electron chi connectivity index (χ3n) is 3.06. The van der Waals surface area contributed by atoms with Gasteiger partial charge in [-0.25, -0.2) is 4.98 Å². The summed E-state index contributed by atoms with van der Waals surface area (Å²) >= 11 is 9.25. The Hall–Kier alpha value is -1.30. The minimum atomic E-state index is -0.0132. The number of benzene rings is 1. The maximum absolute atomic E-state index is 12.6. The van der Waals surface area contributed by atoms with E-state index in [0.29, 0.717) is 17.1 Å². The summed E-state index contributed by atoms with van der Waals surface area (Å²) in [5, 5.41) is 4.56. The van der Waals surface area contributed by atoms with Crippen LogP contribution in [0.1, 0.15) is 21.1 Å². The molecule has 0 N–H and O–H groups in total. The first-order valence-corrected chi connectivity index (χ1v) is 8.72. The first-order chi connectivity index (χ1) is 10.1. The van der Waals surface area contributed by atoms with E-state index in [1.807, 2.05) is 18.4 Å². The molecule has 108 valence electrons. The van der Waals surface area contributed by atoms with Crippen LogP contribution in [0.5, 0.6) is 0 Å². The zero-order valence-corrected chi connectivity index (χ0v) is 13.8. The Balaban J connectivity index is 1.87. The molecule has 0 aliphatic carbocycles. The molecule has 1 aliphatic rings. The van der Waals surface area contributed by atoms with Crippen LogP contribution in [-0.4, -0.2) is 28.1 Å². The zero-order chi connectivity index (χ0) is 14.8. The lowest BCUT2D eigenvalue weighted by atomic mass is 10.2. The molecule has 1 aromatic heterocycles. The molecular weight excluding hydrogens is 324 g/mol. The number of hydrogen-bond donors (Lipinski definition) is 0. The van der Waals surface area contributed by atoms with E-state index in [-0.39, 0.29) is 5.91 Å². The fourth-order valence-electron chi connectivity index (χ4n) is 2.10. The monoisotopic (exact) mass is 336 g/mol. The van der Waals surface area contributed by atoms with Crippen molar-refractivity contribution in [2.24, 2.45) is 0 Å². The van der Waals surface area contributed by atoms with Crippen molar-refractivity contribution in [1.29, 1.82) is 0 Å². The highest BCUT2D eigenvalue weighted by Gasteiger charge is 2.25. The number of rotatable bonds is 2. The summed E-state index contributed by atoms with van der Waals surface area (Å²) in [7, 11) is 0. The highest BCUT2D eigenvalue weighted by molar-refractivity contribution is 8.03. The van der Waals surface area contributed by atoms with Crippen molar-refractivity contribution in [3.63, 3.8) is 0 Å². The first-order valence-electron chi connectivity index (χ1n) is 6.47. The topological polar surface area (TPSA) is 33.2 Å². The number of aromatic nitrogens is 1. The zero-order valence-electron chi connectivity index (χ0n) is 11.4. The van der Waals surface area contributed by atoms with E-state index >= 15 is 0 Å². The van der Waals surface area contributed by atoms with E-state index in [1.165, 1.54) is 0 Å². The molecule has 1 aliphatic heterocycles. The fraction of sp³-hybridized carbons (Fsp3) is 0.200. The Morgan fingerprint density at radius 3 is 3.05 bits per heavy atom. The second kappa shape index (κ2) is 6.22. The standard InChI is InChI=1S/C15H13ClN2OS2/c1-10-17-13(9-21-10)8-14-18(5-6-20-14)15(19)11-3-2-4-12(16)7-11/h2-4,7-9H,5-6H2,1H3/b14-8+. The van der Waals surface area contributed by atoms with Crippen LogP contribution >= 0.6 is 34.7 Å². The normalized spacial score (nSPS) is 16.7. The quantitative estimate of drug-likeness (QED) is 0.820. The Morgan fingerprint density at radius 2 is 2.33 bits per heavy atom. The largest absolute Gasteiger partial charge is 0.302 e. The third-order valence-corrected chi connectivity index (χ3v) is 5.10. The number of thiazole rings is 1. The number of aryl methyl sites for hydroxylation is 1. The van der Waals surface area contributed by atoms with Gasteiger partial charge >= 0.3 is 0 Å². The maximum atomic E-state index is 12.6. The molecule has 3 rings (SSSR count). The summed E-state index contributed by atoms with van der Waals surface area (Å²) in [4.78, 5) is 18.8. The summed E-state index contributed by atoms with van der Waals surface area (Å²) in [5.74, 6) is 0.891. The van der Waals surface area contributed by atoms with Crippen LogP contribution in [0.25, 0.3) is 6.08 Å². The van der Waals surface area contributed by atoms with Crippen LogP contribution in [0.3, 0.4) is 0 Å². The predicted molar refractivity (Wildman–Crippen MR) is 89.8 cm³/mol. The van der Waals surface area contributed by atoms with Crippen molar-refractivity contribution in [2.75, 3.05) is 12.3 Å². The lowest BCUT2D eigenvalue weighted by Gasteiger charge is -2.17. The summed E-state index contributed by atoms with van der Waals surface area (Å²) < 4.78 is 0. The van der Waals surface area contributed by atoms with Crippen LogP contribution in [-0.2, 0) is 0 Å². The second-order valence-electron chi connectivity index (χ2n) is 4.59. The average molecular weight is 337 g/mol. The van der Waals surface area contributed by atoms with Crippen molar-refractivity contribution >= 4 is 46.7 Å². The van der Waals surface area contributed by atoms with Gasteiger partial charge in [0.05, 0.1) is 15.7 Å². The molecule has 1 fully saturated rings. The molecule has 0 unspecified atom stereocenters. The van der Waals surface area contributed by atoms with Gasteiger partial charge in [0.2, 0.25) is 0 Å². The van der Waals surface area contributed by atoms with Gasteiger partial charge in [-0.15, -0.1) is 23.1 Å². The number of hydrogen-bond acceptors (Lipinski definition) is 4. The van der Waals surface area contributed by atoms with Crippen molar-refractivity contribution in [2.45, 2.75) is 6.92 Å². The van der Waals surface area contributed by atoms with Gasteiger partial charge in [0.15, 0.2) is 0 Å².